The predicted octanol–water partition coefficient (Wildman–Crippen LogP) is 2.51. The van der Waals surface area contributed by atoms with E-state index in [4.69, 9.17) is 11.6 Å². The minimum atomic E-state index is 0.228. The highest BCUT2D eigenvalue weighted by Gasteiger charge is 2.25. The van der Waals surface area contributed by atoms with E-state index < -0.39 is 0 Å². The lowest BCUT2D eigenvalue weighted by Gasteiger charge is -2.18. The number of hydrogen-bond donors (Lipinski definition) is 2. The molecule has 1 aliphatic rings. The van der Waals surface area contributed by atoms with Crippen molar-refractivity contribution < 1.29 is 4.79 Å². The number of carbonyl (C=O) groups excluding carboxylic acids is 1. The van der Waals surface area contributed by atoms with Gasteiger partial charge in [0.15, 0.2) is 5.96 Å². The van der Waals surface area contributed by atoms with Gasteiger partial charge in [0, 0.05) is 49.9 Å². The van der Waals surface area contributed by atoms with Crippen LogP contribution < -0.4 is 10.6 Å². The van der Waals surface area contributed by atoms with Gasteiger partial charge in [-0.3, -0.25) is 9.79 Å². The number of thiophene rings is 1. The molecule has 1 aliphatic heterocycles. The average Bonchev–Trinajstić information content (AvgIpc) is 3.16. The Labute approximate surface area is 147 Å². The van der Waals surface area contributed by atoms with Crippen LogP contribution in [-0.4, -0.2) is 49.0 Å². The summed E-state index contributed by atoms with van der Waals surface area (Å²) in [6, 6.07) is 4.25. The SMILES string of the molecule is CCNC(=NCCc1ccc(Cl)s1)NC1CCN(C(=O)CC)C1. The van der Waals surface area contributed by atoms with E-state index in [2.05, 4.69) is 22.5 Å². The van der Waals surface area contributed by atoms with Gasteiger partial charge < -0.3 is 15.5 Å². The van der Waals surface area contributed by atoms with Crippen LogP contribution in [-0.2, 0) is 11.2 Å². The lowest BCUT2D eigenvalue weighted by Crippen LogP contribution is -2.45. The lowest BCUT2D eigenvalue weighted by atomic mass is 10.3. The zero-order valence-electron chi connectivity index (χ0n) is 13.8. The third kappa shape index (κ3) is 5.70. The highest BCUT2D eigenvalue weighted by Crippen LogP contribution is 2.21. The maximum absolute atomic E-state index is 11.7. The van der Waals surface area contributed by atoms with Crippen molar-refractivity contribution in [2.75, 3.05) is 26.2 Å². The van der Waals surface area contributed by atoms with Crippen molar-refractivity contribution in [3.8, 4) is 0 Å². The number of halogens is 1. The van der Waals surface area contributed by atoms with Crippen molar-refractivity contribution >= 4 is 34.8 Å². The molecule has 0 saturated carbocycles. The summed E-state index contributed by atoms with van der Waals surface area (Å²) in [7, 11) is 0. The maximum atomic E-state index is 11.7. The number of likely N-dealkylation sites (tertiary alicyclic amines) is 1. The van der Waals surface area contributed by atoms with Gasteiger partial charge in [0.25, 0.3) is 0 Å². The largest absolute Gasteiger partial charge is 0.357 e. The zero-order valence-corrected chi connectivity index (χ0v) is 15.3. The Morgan fingerprint density at radius 3 is 2.96 bits per heavy atom. The van der Waals surface area contributed by atoms with E-state index in [1.54, 1.807) is 11.3 Å². The van der Waals surface area contributed by atoms with Gasteiger partial charge in [-0.15, -0.1) is 11.3 Å². The van der Waals surface area contributed by atoms with Gasteiger partial charge in [-0.1, -0.05) is 18.5 Å². The summed E-state index contributed by atoms with van der Waals surface area (Å²) in [6.07, 6.45) is 2.43. The third-order valence-corrected chi connectivity index (χ3v) is 5.08. The van der Waals surface area contributed by atoms with E-state index in [0.29, 0.717) is 6.42 Å². The molecule has 1 amide bonds. The quantitative estimate of drug-likeness (QED) is 0.608. The molecule has 1 atom stereocenters. The monoisotopic (exact) mass is 356 g/mol. The van der Waals surface area contributed by atoms with Crippen LogP contribution in [0.4, 0.5) is 0 Å². The average molecular weight is 357 g/mol. The van der Waals surface area contributed by atoms with Gasteiger partial charge in [0.1, 0.15) is 0 Å². The van der Waals surface area contributed by atoms with E-state index in [1.165, 1.54) is 4.88 Å². The molecule has 7 heteroatoms. The van der Waals surface area contributed by atoms with Crippen molar-refractivity contribution in [3.63, 3.8) is 0 Å². The first-order valence-corrected chi connectivity index (χ1v) is 9.38. The Bertz CT molecular complexity index is 546. The molecular weight excluding hydrogens is 332 g/mol. The first kappa shape index (κ1) is 18.1. The second-order valence-corrected chi connectivity index (χ2v) is 7.34. The predicted molar refractivity (Wildman–Crippen MR) is 97.4 cm³/mol. The molecule has 2 N–H and O–H groups in total. The van der Waals surface area contributed by atoms with Crippen LogP contribution in [0.25, 0.3) is 0 Å². The standard InChI is InChI=1S/C16H25ClN4OS/c1-3-15(22)21-10-8-12(11-21)20-16(18-4-2)19-9-7-13-5-6-14(17)23-13/h5-6,12H,3-4,7-11H2,1-2H3,(H2,18,19,20). The molecule has 23 heavy (non-hydrogen) atoms. The molecule has 2 rings (SSSR count). The summed E-state index contributed by atoms with van der Waals surface area (Å²) in [5.74, 6) is 1.05. The van der Waals surface area contributed by atoms with Gasteiger partial charge in [0.05, 0.1) is 4.34 Å². The second kappa shape index (κ2) is 9.13. The molecule has 128 valence electrons. The smallest absolute Gasteiger partial charge is 0.222 e. The Hall–Kier alpha value is -1.27. The number of aliphatic imine (C=N–C) groups is 1. The molecule has 0 aromatic carbocycles. The number of nitrogens with one attached hydrogen (secondary N) is 2. The fraction of sp³-hybridized carbons (Fsp3) is 0.625. The molecule has 1 aromatic heterocycles. The van der Waals surface area contributed by atoms with Gasteiger partial charge in [0.2, 0.25) is 5.91 Å². The van der Waals surface area contributed by atoms with Crippen molar-refractivity contribution in [2.45, 2.75) is 39.2 Å². The third-order valence-electron chi connectivity index (χ3n) is 3.79. The van der Waals surface area contributed by atoms with E-state index in [9.17, 15) is 4.79 Å². The van der Waals surface area contributed by atoms with E-state index in [0.717, 1.165) is 49.3 Å². The minimum absolute atomic E-state index is 0.228. The molecule has 1 unspecified atom stereocenters. The first-order chi connectivity index (χ1) is 11.1. The van der Waals surface area contributed by atoms with Crippen LogP contribution in [0.5, 0.6) is 0 Å². The molecule has 1 saturated heterocycles. The fourth-order valence-corrected chi connectivity index (χ4v) is 3.68. The lowest BCUT2D eigenvalue weighted by molar-refractivity contribution is -0.129. The van der Waals surface area contributed by atoms with Crippen LogP contribution in [0.2, 0.25) is 4.34 Å². The van der Waals surface area contributed by atoms with Gasteiger partial charge in [-0.2, -0.15) is 0 Å². The Morgan fingerprint density at radius 2 is 2.30 bits per heavy atom. The van der Waals surface area contributed by atoms with Gasteiger partial charge >= 0.3 is 0 Å². The van der Waals surface area contributed by atoms with Crippen molar-refractivity contribution in [1.82, 2.24) is 15.5 Å². The molecule has 0 aliphatic carbocycles. The molecule has 0 spiro atoms. The number of amides is 1. The van der Waals surface area contributed by atoms with Crippen molar-refractivity contribution in [3.05, 3.63) is 21.3 Å². The molecule has 5 nitrogen and oxygen atoms in total. The highest BCUT2D eigenvalue weighted by atomic mass is 35.5. The summed E-state index contributed by atoms with van der Waals surface area (Å²) in [4.78, 5) is 19.5. The fourth-order valence-electron chi connectivity index (χ4n) is 2.61. The van der Waals surface area contributed by atoms with Crippen LogP contribution >= 0.6 is 22.9 Å². The van der Waals surface area contributed by atoms with E-state index >= 15 is 0 Å². The summed E-state index contributed by atoms with van der Waals surface area (Å²) >= 11 is 7.54. The zero-order chi connectivity index (χ0) is 16.7. The van der Waals surface area contributed by atoms with Crippen LogP contribution in [0, 0.1) is 0 Å². The van der Waals surface area contributed by atoms with Crippen molar-refractivity contribution in [1.29, 1.82) is 0 Å². The highest BCUT2D eigenvalue weighted by molar-refractivity contribution is 7.16. The molecule has 2 heterocycles. The van der Waals surface area contributed by atoms with Crippen LogP contribution in [0.1, 0.15) is 31.6 Å². The van der Waals surface area contributed by atoms with E-state index in [-0.39, 0.29) is 11.9 Å². The van der Waals surface area contributed by atoms with Crippen molar-refractivity contribution in [2.24, 2.45) is 4.99 Å². The summed E-state index contributed by atoms with van der Waals surface area (Å²) in [6.45, 7) is 7.09. The number of guanidine groups is 1. The normalized spacial score (nSPS) is 18.3. The molecule has 1 aromatic rings. The Kier molecular flexibility index (Phi) is 7.17. The van der Waals surface area contributed by atoms with E-state index in [1.807, 2.05) is 24.0 Å². The number of hydrogen-bond acceptors (Lipinski definition) is 3. The molecule has 0 radical (unpaired) electrons. The molecular formula is C16H25ClN4OS. The second-order valence-electron chi connectivity index (χ2n) is 5.54. The summed E-state index contributed by atoms with van der Waals surface area (Å²) in [5.41, 5.74) is 0. The number of nitrogens with zero attached hydrogens (tertiary/aromatic N) is 2. The minimum Gasteiger partial charge on any atom is -0.357 e. The Balaban J connectivity index is 1.83. The molecule has 1 fully saturated rings. The number of carbonyl (C=O) groups is 1. The summed E-state index contributed by atoms with van der Waals surface area (Å²) in [5, 5.41) is 6.71. The van der Waals surface area contributed by atoms with Gasteiger partial charge in [-0.25, -0.2) is 0 Å². The summed E-state index contributed by atoms with van der Waals surface area (Å²) < 4.78 is 0.820. The molecule has 0 bridgehead atoms. The van der Waals surface area contributed by atoms with Crippen LogP contribution in [0.3, 0.4) is 0 Å². The maximum Gasteiger partial charge on any atom is 0.222 e. The topological polar surface area (TPSA) is 56.7 Å². The van der Waals surface area contributed by atoms with Crippen LogP contribution in [0.15, 0.2) is 17.1 Å². The first-order valence-electron chi connectivity index (χ1n) is 8.19. The van der Waals surface area contributed by atoms with Gasteiger partial charge in [-0.05, 0) is 25.5 Å². The Morgan fingerprint density at radius 1 is 1.48 bits per heavy atom. The number of rotatable bonds is 6.